The Morgan fingerprint density at radius 1 is 0.263 bits per heavy atom. The van der Waals surface area contributed by atoms with Crippen molar-refractivity contribution in [3.8, 4) is 33.4 Å². The lowest BCUT2D eigenvalue weighted by Crippen LogP contribution is -1.90. The minimum Gasteiger partial charge on any atom is -0.455 e. The molecule has 0 aliphatic carbocycles. The third-order valence-corrected chi connectivity index (χ3v) is 12.5. The van der Waals surface area contributed by atoms with Crippen LogP contribution in [0.15, 0.2) is 199 Å². The zero-order valence-corrected chi connectivity index (χ0v) is 30.9. The molecule has 0 aliphatic heterocycles. The Balaban J connectivity index is 1.07. The Morgan fingerprint density at radius 3 is 1.68 bits per heavy atom. The average Bonchev–Trinajstić information content (AvgIpc) is 3.63. The van der Waals surface area contributed by atoms with Gasteiger partial charge in [-0.25, -0.2) is 0 Å². The highest BCUT2D eigenvalue weighted by molar-refractivity contribution is 6.26. The van der Waals surface area contributed by atoms with Gasteiger partial charge >= 0.3 is 0 Å². The number of benzene rings is 12. The van der Waals surface area contributed by atoms with E-state index in [-0.39, 0.29) is 0 Å². The number of hydrogen-bond acceptors (Lipinski definition) is 1. The first kappa shape index (κ1) is 30.8. The molecule has 1 nitrogen and oxygen atoms in total. The van der Waals surface area contributed by atoms with Crippen LogP contribution in [0.25, 0.3) is 131 Å². The van der Waals surface area contributed by atoms with E-state index < -0.39 is 0 Å². The molecule has 262 valence electrons. The van der Waals surface area contributed by atoms with Gasteiger partial charge in [0.25, 0.3) is 0 Å². The largest absolute Gasteiger partial charge is 0.455 e. The lowest BCUT2D eigenvalue weighted by Gasteiger charge is -2.16. The molecule has 1 heterocycles. The maximum Gasteiger partial charge on any atom is 0.143 e. The highest BCUT2D eigenvalue weighted by Crippen LogP contribution is 2.47. The molecule has 0 unspecified atom stereocenters. The predicted molar refractivity (Wildman–Crippen MR) is 244 cm³/mol. The summed E-state index contributed by atoms with van der Waals surface area (Å²) in [6.07, 6.45) is 0. The summed E-state index contributed by atoms with van der Waals surface area (Å²) in [5, 5.41) is 19.9. The van der Waals surface area contributed by atoms with E-state index in [4.69, 9.17) is 4.42 Å². The number of fused-ring (bicyclic) bond motifs is 8. The fraction of sp³-hybridized carbons (Fsp3) is 0. The third-order valence-electron chi connectivity index (χ3n) is 12.5. The van der Waals surface area contributed by atoms with Crippen molar-refractivity contribution >= 4 is 97.3 Å². The van der Waals surface area contributed by atoms with Crippen LogP contribution in [0.3, 0.4) is 0 Å². The van der Waals surface area contributed by atoms with Crippen molar-refractivity contribution in [1.82, 2.24) is 0 Å². The molecular formula is C56H32O. The van der Waals surface area contributed by atoms with Gasteiger partial charge in [0.2, 0.25) is 0 Å². The van der Waals surface area contributed by atoms with Crippen molar-refractivity contribution < 1.29 is 4.42 Å². The van der Waals surface area contributed by atoms with Gasteiger partial charge in [0.1, 0.15) is 11.2 Å². The van der Waals surface area contributed by atoms with Gasteiger partial charge in [-0.15, -0.1) is 0 Å². The van der Waals surface area contributed by atoms with Crippen molar-refractivity contribution in [2.45, 2.75) is 0 Å². The normalized spacial score (nSPS) is 12.2. The van der Waals surface area contributed by atoms with Crippen molar-refractivity contribution in [1.29, 1.82) is 0 Å². The maximum atomic E-state index is 6.99. The standard InChI is InChI=1S/C56H32O/c1-2-10-40-32-52-49(28-39(40)9-1)50-30-42(33-16-18-35(19-17-33)44-25-23-38-21-20-36-12-7-13-37-24-27-46(44)54(38)53(36)37)31-51(56(50)57-52)55-45-15-6-4-11-41(45)29-48-43-14-5-3-8-34(43)22-26-47(48)55/h1-32H. The number of furan rings is 1. The molecule has 0 atom stereocenters. The van der Waals surface area contributed by atoms with Crippen molar-refractivity contribution in [3.05, 3.63) is 194 Å². The Labute approximate surface area is 328 Å². The monoisotopic (exact) mass is 720 g/mol. The molecule has 1 heteroatoms. The SMILES string of the molecule is c1ccc2cc3c(cc2c1)oc1c(-c2c4ccccc4cc4c2ccc2ccccc24)cc(-c2ccc(-c4ccc5ccc6cccc7ccc4c5c67)cc2)cc13. The van der Waals surface area contributed by atoms with Gasteiger partial charge in [0, 0.05) is 21.9 Å². The topological polar surface area (TPSA) is 13.1 Å². The summed E-state index contributed by atoms with van der Waals surface area (Å²) in [6.45, 7) is 0. The first-order valence-corrected chi connectivity index (χ1v) is 19.7. The third kappa shape index (κ3) is 4.46. The second kappa shape index (κ2) is 11.5. The summed E-state index contributed by atoms with van der Waals surface area (Å²) >= 11 is 0. The van der Waals surface area contributed by atoms with Crippen LogP contribution in [0.2, 0.25) is 0 Å². The van der Waals surface area contributed by atoms with Crippen LogP contribution in [0.5, 0.6) is 0 Å². The molecule has 0 radical (unpaired) electrons. The van der Waals surface area contributed by atoms with Gasteiger partial charge < -0.3 is 4.42 Å². The van der Waals surface area contributed by atoms with Gasteiger partial charge in [0.05, 0.1) is 0 Å². The summed E-state index contributed by atoms with van der Waals surface area (Å²) in [4.78, 5) is 0. The lowest BCUT2D eigenvalue weighted by molar-refractivity contribution is 0.670. The smallest absolute Gasteiger partial charge is 0.143 e. The van der Waals surface area contributed by atoms with Crippen LogP contribution in [0.4, 0.5) is 0 Å². The molecule has 0 bridgehead atoms. The van der Waals surface area contributed by atoms with E-state index >= 15 is 0 Å². The van der Waals surface area contributed by atoms with Crippen LogP contribution in [0.1, 0.15) is 0 Å². The van der Waals surface area contributed by atoms with Crippen molar-refractivity contribution in [3.63, 3.8) is 0 Å². The van der Waals surface area contributed by atoms with Gasteiger partial charge in [-0.2, -0.15) is 0 Å². The van der Waals surface area contributed by atoms with Gasteiger partial charge in [-0.05, 0) is 128 Å². The van der Waals surface area contributed by atoms with Gasteiger partial charge in [-0.3, -0.25) is 0 Å². The Bertz CT molecular complexity index is 3770. The first-order valence-electron chi connectivity index (χ1n) is 19.7. The molecule has 13 rings (SSSR count). The van der Waals surface area contributed by atoms with E-state index in [2.05, 4.69) is 194 Å². The lowest BCUT2D eigenvalue weighted by atomic mass is 9.87. The molecular weight excluding hydrogens is 689 g/mol. The average molecular weight is 721 g/mol. The fourth-order valence-electron chi connectivity index (χ4n) is 9.86. The van der Waals surface area contributed by atoms with Gasteiger partial charge in [-0.1, -0.05) is 164 Å². The Morgan fingerprint density at radius 2 is 0.860 bits per heavy atom. The minimum absolute atomic E-state index is 0.904. The molecule has 0 N–H and O–H groups in total. The Hall–Kier alpha value is -7.48. The second-order valence-electron chi connectivity index (χ2n) is 15.6. The second-order valence-corrected chi connectivity index (χ2v) is 15.6. The minimum atomic E-state index is 0.904. The summed E-state index contributed by atoms with van der Waals surface area (Å²) in [7, 11) is 0. The van der Waals surface area contributed by atoms with Crippen molar-refractivity contribution in [2.24, 2.45) is 0 Å². The molecule has 1 aromatic heterocycles. The van der Waals surface area contributed by atoms with E-state index in [1.54, 1.807) is 0 Å². The van der Waals surface area contributed by atoms with Crippen LogP contribution < -0.4 is 0 Å². The predicted octanol–water partition coefficient (Wildman–Crippen LogP) is 16.1. The maximum absolute atomic E-state index is 6.99. The highest BCUT2D eigenvalue weighted by Gasteiger charge is 2.21. The summed E-state index contributed by atoms with van der Waals surface area (Å²) in [6, 6.07) is 71.7. The first-order chi connectivity index (χ1) is 28.2. The quantitative estimate of drug-likeness (QED) is 0.131. The molecule has 0 saturated heterocycles. The van der Waals surface area contributed by atoms with Crippen LogP contribution >= 0.6 is 0 Å². The summed E-state index contributed by atoms with van der Waals surface area (Å²) < 4.78 is 6.99. The molecule has 0 fully saturated rings. The van der Waals surface area contributed by atoms with Crippen molar-refractivity contribution in [2.75, 3.05) is 0 Å². The van der Waals surface area contributed by atoms with E-state index in [0.29, 0.717) is 0 Å². The summed E-state index contributed by atoms with van der Waals surface area (Å²) in [5.74, 6) is 0. The van der Waals surface area contributed by atoms with E-state index in [1.807, 2.05) is 0 Å². The fourth-order valence-corrected chi connectivity index (χ4v) is 9.86. The van der Waals surface area contributed by atoms with Crippen LogP contribution in [-0.2, 0) is 0 Å². The Kier molecular flexibility index (Phi) is 6.23. The molecule has 0 aliphatic rings. The summed E-state index contributed by atoms with van der Waals surface area (Å²) in [5.41, 5.74) is 8.93. The molecule has 12 aromatic carbocycles. The number of rotatable bonds is 3. The highest BCUT2D eigenvalue weighted by atomic mass is 16.3. The molecule has 0 spiro atoms. The molecule has 0 amide bonds. The molecule has 57 heavy (non-hydrogen) atoms. The molecule has 13 aromatic rings. The zero-order chi connectivity index (χ0) is 37.2. The molecule has 0 saturated carbocycles. The zero-order valence-electron chi connectivity index (χ0n) is 30.9. The van der Waals surface area contributed by atoms with E-state index in [9.17, 15) is 0 Å². The number of hydrogen-bond donors (Lipinski definition) is 0. The van der Waals surface area contributed by atoms with Gasteiger partial charge in [0.15, 0.2) is 0 Å². The van der Waals surface area contributed by atoms with Crippen LogP contribution in [0, 0.1) is 0 Å². The van der Waals surface area contributed by atoms with E-state index in [0.717, 1.165) is 33.1 Å². The van der Waals surface area contributed by atoms with Crippen LogP contribution in [-0.4, -0.2) is 0 Å². The van der Waals surface area contributed by atoms with E-state index in [1.165, 1.54) is 97.7 Å².